The summed E-state index contributed by atoms with van der Waals surface area (Å²) in [6.45, 7) is 2.74. The topological polar surface area (TPSA) is 35.5 Å². The van der Waals surface area contributed by atoms with E-state index in [-0.39, 0.29) is 5.97 Å². The summed E-state index contributed by atoms with van der Waals surface area (Å²) in [4.78, 5) is 11.4. The van der Waals surface area contributed by atoms with Crippen molar-refractivity contribution in [2.45, 2.75) is 19.8 Å². The van der Waals surface area contributed by atoms with E-state index >= 15 is 0 Å². The van der Waals surface area contributed by atoms with E-state index in [1.807, 2.05) is 31.2 Å². The molecule has 118 valence electrons. The van der Waals surface area contributed by atoms with Gasteiger partial charge in [0.2, 0.25) is 0 Å². The Bertz CT molecular complexity index is 769. The lowest BCUT2D eigenvalue weighted by molar-refractivity contribution is -0.143. The summed E-state index contributed by atoms with van der Waals surface area (Å²) in [5.41, 5.74) is 0. The van der Waals surface area contributed by atoms with Gasteiger partial charge in [0.1, 0.15) is 5.75 Å². The van der Waals surface area contributed by atoms with E-state index < -0.39 is 0 Å². The predicted molar refractivity (Wildman–Crippen MR) is 92.8 cm³/mol. The summed E-state index contributed by atoms with van der Waals surface area (Å²) in [6, 6.07) is 18.6. The molecule has 0 bridgehead atoms. The standard InChI is InChI=1S/C20H20O3/c1-2-22-19(21)12-7-13-23-20-17-10-5-3-8-15(17)14-16-9-4-6-11-18(16)20/h3-6,8-11,14H,2,7,12-13H2,1H3. The average Bonchev–Trinajstić information content (AvgIpc) is 2.58. The predicted octanol–water partition coefficient (Wildman–Crippen LogP) is 4.72. The van der Waals surface area contributed by atoms with E-state index in [2.05, 4.69) is 30.3 Å². The molecule has 3 aromatic carbocycles. The number of ether oxygens (including phenoxy) is 2. The summed E-state index contributed by atoms with van der Waals surface area (Å²) in [5, 5.41) is 4.52. The van der Waals surface area contributed by atoms with Crippen LogP contribution in [0, 0.1) is 0 Å². The Labute approximate surface area is 135 Å². The van der Waals surface area contributed by atoms with Gasteiger partial charge < -0.3 is 9.47 Å². The van der Waals surface area contributed by atoms with Gasteiger partial charge in [-0.1, -0.05) is 48.5 Å². The molecule has 0 fully saturated rings. The fraction of sp³-hybridized carbons (Fsp3) is 0.250. The van der Waals surface area contributed by atoms with E-state index in [4.69, 9.17) is 9.47 Å². The maximum Gasteiger partial charge on any atom is 0.305 e. The number of fused-ring (bicyclic) bond motifs is 2. The molecule has 0 radical (unpaired) electrons. The van der Waals surface area contributed by atoms with Crippen molar-refractivity contribution >= 4 is 27.5 Å². The zero-order valence-corrected chi connectivity index (χ0v) is 13.2. The Morgan fingerprint density at radius 1 is 0.957 bits per heavy atom. The molecule has 3 nitrogen and oxygen atoms in total. The van der Waals surface area contributed by atoms with Crippen molar-refractivity contribution < 1.29 is 14.3 Å². The van der Waals surface area contributed by atoms with Crippen LogP contribution in [0.5, 0.6) is 5.75 Å². The molecule has 3 aromatic rings. The molecular weight excluding hydrogens is 288 g/mol. The number of hydrogen-bond donors (Lipinski definition) is 0. The highest BCUT2D eigenvalue weighted by Gasteiger charge is 2.09. The van der Waals surface area contributed by atoms with Crippen LogP contribution in [0.2, 0.25) is 0 Å². The summed E-state index contributed by atoms with van der Waals surface area (Å²) >= 11 is 0. The Morgan fingerprint density at radius 2 is 1.57 bits per heavy atom. The van der Waals surface area contributed by atoms with Gasteiger partial charge in [0.25, 0.3) is 0 Å². The van der Waals surface area contributed by atoms with Crippen LogP contribution in [0.15, 0.2) is 54.6 Å². The van der Waals surface area contributed by atoms with Gasteiger partial charge in [-0.2, -0.15) is 0 Å². The lowest BCUT2D eigenvalue weighted by Crippen LogP contribution is -2.07. The molecule has 0 unspecified atom stereocenters. The minimum atomic E-state index is -0.168. The lowest BCUT2D eigenvalue weighted by Gasteiger charge is -2.13. The molecule has 0 aromatic heterocycles. The first-order chi connectivity index (χ1) is 11.3. The first kappa shape index (κ1) is 15.3. The van der Waals surface area contributed by atoms with Gasteiger partial charge >= 0.3 is 5.97 Å². The minimum absolute atomic E-state index is 0.168. The van der Waals surface area contributed by atoms with E-state index in [0.717, 1.165) is 27.3 Å². The quantitative estimate of drug-likeness (QED) is 0.376. The molecule has 0 spiro atoms. The molecule has 0 amide bonds. The lowest BCUT2D eigenvalue weighted by atomic mass is 10.0. The van der Waals surface area contributed by atoms with Crippen LogP contribution >= 0.6 is 0 Å². The Balaban J connectivity index is 1.84. The van der Waals surface area contributed by atoms with Crippen LogP contribution in [0.3, 0.4) is 0 Å². The molecule has 0 heterocycles. The smallest absolute Gasteiger partial charge is 0.305 e. The summed E-state index contributed by atoms with van der Waals surface area (Å²) in [6.07, 6.45) is 1.03. The number of esters is 1. The highest BCUT2D eigenvalue weighted by molar-refractivity contribution is 6.05. The van der Waals surface area contributed by atoms with Crippen molar-refractivity contribution in [3.8, 4) is 5.75 Å². The fourth-order valence-corrected chi connectivity index (χ4v) is 2.75. The summed E-state index contributed by atoms with van der Waals surface area (Å²) < 4.78 is 11.0. The number of hydrogen-bond acceptors (Lipinski definition) is 3. The Kier molecular flexibility index (Phi) is 4.77. The van der Waals surface area contributed by atoms with Crippen molar-refractivity contribution in [3.05, 3.63) is 54.6 Å². The maximum absolute atomic E-state index is 11.4. The van der Waals surface area contributed by atoms with Crippen LogP contribution < -0.4 is 4.74 Å². The first-order valence-electron chi connectivity index (χ1n) is 7.98. The minimum Gasteiger partial charge on any atom is -0.492 e. The third-order valence-corrected chi connectivity index (χ3v) is 3.80. The van der Waals surface area contributed by atoms with Crippen LogP contribution in [-0.2, 0) is 9.53 Å². The number of carbonyl (C=O) groups is 1. The van der Waals surface area contributed by atoms with Gasteiger partial charge in [-0.15, -0.1) is 0 Å². The zero-order valence-electron chi connectivity index (χ0n) is 13.2. The van der Waals surface area contributed by atoms with Gasteiger partial charge in [-0.3, -0.25) is 4.79 Å². The van der Waals surface area contributed by atoms with E-state index in [1.54, 1.807) is 0 Å². The molecule has 23 heavy (non-hydrogen) atoms. The largest absolute Gasteiger partial charge is 0.492 e. The Morgan fingerprint density at radius 3 is 2.17 bits per heavy atom. The first-order valence-corrected chi connectivity index (χ1v) is 7.98. The Hall–Kier alpha value is -2.55. The van der Waals surface area contributed by atoms with Crippen molar-refractivity contribution in [1.29, 1.82) is 0 Å². The van der Waals surface area contributed by atoms with Gasteiger partial charge in [0, 0.05) is 17.2 Å². The molecule has 3 heteroatoms. The van der Waals surface area contributed by atoms with Crippen LogP contribution in [0.4, 0.5) is 0 Å². The molecule has 0 aliphatic rings. The second-order valence-corrected chi connectivity index (χ2v) is 5.40. The van der Waals surface area contributed by atoms with Gasteiger partial charge in [-0.25, -0.2) is 0 Å². The van der Waals surface area contributed by atoms with Crippen LogP contribution in [-0.4, -0.2) is 19.2 Å². The highest BCUT2D eigenvalue weighted by Crippen LogP contribution is 2.34. The van der Waals surface area contributed by atoms with Gasteiger partial charge in [-0.05, 0) is 30.2 Å². The molecule has 0 aliphatic carbocycles. The second-order valence-electron chi connectivity index (χ2n) is 5.40. The molecule has 0 saturated carbocycles. The van der Waals surface area contributed by atoms with Crippen LogP contribution in [0.1, 0.15) is 19.8 Å². The number of rotatable bonds is 6. The summed E-state index contributed by atoms with van der Waals surface area (Å²) in [5.74, 6) is 0.724. The van der Waals surface area contributed by atoms with Crippen molar-refractivity contribution in [3.63, 3.8) is 0 Å². The van der Waals surface area contributed by atoms with E-state index in [1.165, 1.54) is 0 Å². The number of benzene rings is 3. The SMILES string of the molecule is CCOC(=O)CCCOc1c2ccccc2cc2ccccc12. The van der Waals surface area contributed by atoms with Gasteiger partial charge in [0.05, 0.1) is 13.2 Å². The molecular formula is C20H20O3. The second kappa shape index (κ2) is 7.14. The van der Waals surface area contributed by atoms with E-state index in [0.29, 0.717) is 26.1 Å². The molecule has 0 N–H and O–H groups in total. The maximum atomic E-state index is 11.4. The monoisotopic (exact) mass is 308 g/mol. The molecule has 0 saturated heterocycles. The third kappa shape index (κ3) is 3.45. The van der Waals surface area contributed by atoms with Gasteiger partial charge in [0.15, 0.2) is 0 Å². The highest BCUT2D eigenvalue weighted by atomic mass is 16.5. The zero-order chi connectivity index (χ0) is 16.1. The normalized spacial score (nSPS) is 10.8. The van der Waals surface area contributed by atoms with Crippen molar-refractivity contribution in [2.24, 2.45) is 0 Å². The molecule has 3 rings (SSSR count). The molecule has 0 atom stereocenters. The van der Waals surface area contributed by atoms with Crippen molar-refractivity contribution in [2.75, 3.05) is 13.2 Å². The molecule has 0 aliphatic heterocycles. The fourth-order valence-electron chi connectivity index (χ4n) is 2.75. The van der Waals surface area contributed by atoms with E-state index in [9.17, 15) is 4.79 Å². The van der Waals surface area contributed by atoms with Crippen molar-refractivity contribution in [1.82, 2.24) is 0 Å². The third-order valence-electron chi connectivity index (χ3n) is 3.80. The average molecular weight is 308 g/mol. The number of carbonyl (C=O) groups excluding carboxylic acids is 1. The van der Waals surface area contributed by atoms with Crippen LogP contribution in [0.25, 0.3) is 21.5 Å². The summed E-state index contributed by atoms with van der Waals surface area (Å²) in [7, 11) is 0.